The van der Waals surface area contributed by atoms with Crippen molar-refractivity contribution in [1.29, 1.82) is 0 Å². The summed E-state index contributed by atoms with van der Waals surface area (Å²) in [5.74, 6) is 0.410. The molecule has 2 amide bonds. The molecule has 102 valence electrons. The number of carbonyl (C=O) groups excluding carboxylic acids is 2. The van der Waals surface area contributed by atoms with Crippen molar-refractivity contribution in [2.45, 2.75) is 64.5 Å². The summed E-state index contributed by atoms with van der Waals surface area (Å²) in [6.07, 6.45) is 4.60. The normalized spacial score (nSPS) is 28.6. The second kappa shape index (κ2) is 4.90. The Morgan fingerprint density at radius 1 is 1.33 bits per heavy atom. The Hall–Kier alpha value is -1.06. The zero-order chi connectivity index (χ0) is 13.3. The highest BCUT2D eigenvalue weighted by Crippen LogP contribution is 2.36. The SMILES string of the molecule is CCC(C)C1C(=O)NC2(CCCC2)C(=O)N1CC. The third-order valence-electron chi connectivity index (χ3n) is 4.62. The first-order valence-corrected chi connectivity index (χ1v) is 7.19. The van der Waals surface area contributed by atoms with E-state index >= 15 is 0 Å². The predicted molar refractivity (Wildman–Crippen MR) is 70.0 cm³/mol. The smallest absolute Gasteiger partial charge is 0.249 e. The van der Waals surface area contributed by atoms with Gasteiger partial charge < -0.3 is 10.2 Å². The lowest BCUT2D eigenvalue weighted by molar-refractivity contribution is -0.156. The molecule has 4 heteroatoms. The molecule has 0 aromatic heterocycles. The molecule has 2 fully saturated rings. The molecule has 2 rings (SSSR count). The Balaban J connectivity index is 2.28. The molecular formula is C14H24N2O2. The van der Waals surface area contributed by atoms with Crippen molar-refractivity contribution in [2.75, 3.05) is 6.54 Å². The molecule has 1 aliphatic heterocycles. The number of nitrogens with zero attached hydrogens (tertiary/aromatic N) is 1. The second-order valence-electron chi connectivity index (χ2n) is 5.70. The van der Waals surface area contributed by atoms with Crippen molar-refractivity contribution in [2.24, 2.45) is 5.92 Å². The van der Waals surface area contributed by atoms with Crippen LogP contribution in [0.4, 0.5) is 0 Å². The van der Waals surface area contributed by atoms with Gasteiger partial charge in [-0.15, -0.1) is 0 Å². The van der Waals surface area contributed by atoms with Gasteiger partial charge in [0.2, 0.25) is 11.8 Å². The predicted octanol–water partition coefficient (Wildman–Crippen LogP) is 1.69. The third kappa shape index (κ3) is 1.91. The van der Waals surface area contributed by atoms with Crippen molar-refractivity contribution in [1.82, 2.24) is 10.2 Å². The van der Waals surface area contributed by atoms with Crippen LogP contribution in [0.1, 0.15) is 52.9 Å². The van der Waals surface area contributed by atoms with Crippen LogP contribution in [0.3, 0.4) is 0 Å². The monoisotopic (exact) mass is 252 g/mol. The molecule has 0 aromatic rings. The molecular weight excluding hydrogens is 228 g/mol. The first-order valence-electron chi connectivity index (χ1n) is 7.19. The van der Waals surface area contributed by atoms with Gasteiger partial charge in [0.1, 0.15) is 11.6 Å². The fourth-order valence-electron chi connectivity index (χ4n) is 3.35. The van der Waals surface area contributed by atoms with E-state index in [-0.39, 0.29) is 23.8 Å². The van der Waals surface area contributed by atoms with Crippen LogP contribution in [0.25, 0.3) is 0 Å². The van der Waals surface area contributed by atoms with Crippen LogP contribution in [0.15, 0.2) is 0 Å². The average Bonchev–Trinajstić information content (AvgIpc) is 2.82. The van der Waals surface area contributed by atoms with E-state index in [2.05, 4.69) is 12.2 Å². The lowest BCUT2D eigenvalue weighted by Gasteiger charge is -2.46. The standard InChI is InChI=1S/C14H24N2O2/c1-4-10(3)11-12(17)15-14(8-6-7-9-14)13(18)16(11)5-2/h10-11H,4-9H2,1-3H3,(H,15,17). The molecule has 1 saturated carbocycles. The number of likely N-dealkylation sites (N-methyl/N-ethyl adjacent to an activating group) is 1. The van der Waals surface area contributed by atoms with Gasteiger partial charge in [-0.2, -0.15) is 0 Å². The minimum atomic E-state index is -0.572. The molecule has 4 nitrogen and oxygen atoms in total. The van der Waals surface area contributed by atoms with Crippen LogP contribution in [0, 0.1) is 5.92 Å². The zero-order valence-corrected chi connectivity index (χ0v) is 11.7. The summed E-state index contributed by atoms with van der Waals surface area (Å²) >= 11 is 0. The number of nitrogens with one attached hydrogen (secondary N) is 1. The van der Waals surface area contributed by atoms with Crippen molar-refractivity contribution in [3.63, 3.8) is 0 Å². The minimum Gasteiger partial charge on any atom is -0.340 e. The van der Waals surface area contributed by atoms with Crippen molar-refractivity contribution < 1.29 is 9.59 Å². The van der Waals surface area contributed by atoms with Crippen LogP contribution >= 0.6 is 0 Å². The number of amides is 2. The number of rotatable bonds is 3. The van der Waals surface area contributed by atoms with Gasteiger partial charge in [-0.25, -0.2) is 0 Å². The zero-order valence-electron chi connectivity index (χ0n) is 11.7. The molecule has 1 N–H and O–H groups in total. The average molecular weight is 252 g/mol. The van der Waals surface area contributed by atoms with Crippen molar-refractivity contribution >= 4 is 11.8 Å². The van der Waals surface area contributed by atoms with E-state index in [4.69, 9.17) is 0 Å². The lowest BCUT2D eigenvalue weighted by Crippen LogP contribution is -2.70. The number of hydrogen-bond donors (Lipinski definition) is 1. The third-order valence-corrected chi connectivity index (χ3v) is 4.62. The highest BCUT2D eigenvalue weighted by molar-refractivity contribution is 6.00. The van der Waals surface area contributed by atoms with Crippen molar-refractivity contribution in [3.05, 3.63) is 0 Å². The quantitative estimate of drug-likeness (QED) is 0.831. The van der Waals surface area contributed by atoms with Gasteiger partial charge in [-0.3, -0.25) is 9.59 Å². The molecule has 0 radical (unpaired) electrons. The number of carbonyl (C=O) groups is 2. The summed E-state index contributed by atoms with van der Waals surface area (Å²) in [5.41, 5.74) is -0.572. The molecule has 0 bridgehead atoms. The summed E-state index contributed by atoms with van der Waals surface area (Å²) in [6.45, 7) is 6.71. The van der Waals surface area contributed by atoms with E-state index in [1.54, 1.807) is 4.90 Å². The van der Waals surface area contributed by atoms with E-state index in [0.29, 0.717) is 6.54 Å². The molecule has 2 unspecified atom stereocenters. The molecule has 2 aliphatic rings. The second-order valence-corrected chi connectivity index (χ2v) is 5.70. The summed E-state index contributed by atoms with van der Waals surface area (Å²) in [4.78, 5) is 26.8. The van der Waals surface area contributed by atoms with Crippen LogP contribution in [-0.4, -0.2) is 34.8 Å². The molecule has 2 atom stereocenters. The maximum absolute atomic E-state index is 12.7. The summed E-state index contributed by atoms with van der Waals surface area (Å²) in [6, 6.07) is -0.279. The maximum atomic E-state index is 12.7. The maximum Gasteiger partial charge on any atom is 0.249 e. The number of piperazine rings is 1. The van der Waals surface area contributed by atoms with E-state index < -0.39 is 5.54 Å². The molecule has 18 heavy (non-hydrogen) atoms. The van der Waals surface area contributed by atoms with E-state index in [1.807, 2.05) is 13.8 Å². The Labute approximate surface area is 109 Å². The molecule has 1 spiro atoms. The van der Waals surface area contributed by atoms with Crippen LogP contribution < -0.4 is 5.32 Å². The minimum absolute atomic E-state index is 0.0488. The summed E-state index contributed by atoms with van der Waals surface area (Å²) in [7, 11) is 0. The van der Waals surface area contributed by atoms with Gasteiger partial charge in [0.25, 0.3) is 0 Å². The number of hydrogen-bond acceptors (Lipinski definition) is 2. The topological polar surface area (TPSA) is 49.4 Å². The largest absolute Gasteiger partial charge is 0.340 e. The highest BCUT2D eigenvalue weighted by Gasteiger charge is 2.52. The van der Waals surface area contributed by atoms with E-state index in [0.717, 1.165) is 32.1 Å². The van der Waals surface area contributed by atoms with Gasteiger partial charge >= 0.3 is 0 Å². The Morgan fingerprint density at radius 3 is 2.44 bits per heavy atom. The summed E-state index contributed by atoms with van der Waals surface area (Å²) < 4.78 is 0. The molecule has 1 aliphatic carbocycles. The fraction of sp³-hybridized carbons (Fsp3) is 0.857. The van der Waals surface area contributed by atoms with Crippen LogP contribution in [0.5, 0.6) is 0 Å². The lowest BCUT2D eigenvalue weighted by atomic mass is 9.86. The van der Waals surface area contributed by atoms with Gasteiger partial charge in [-0.05, 0) is 25.7 Å². The molecule has 1 saturated heterocycles. The van der Waals surface area contributed by atoms with Crippen molar-refractivity contribution in [3.8, 4) is 0 Å². The molecule has 1 heterocycles. The van der Waals surface area contributed by atoms with Crippen LogP contribution in [0.2, 0.25) is 0 Å². The Kier molecular flexibility index (Phi) is 3.64. The fourth-order valence-corrected chi connectivity index (χ4v) is 3.35. The summed E-state index contributed by atoms with van der Waals surface area (Å²) in [5, 5.41) is 3.04. The Morgan fingerprint density at radius 2 is 1.94 bits per heavy atom. The van der Waals surface area contributed by atoms with Gasteiger partial charge in [-0.1, -0.05) is 33.1 Å². The van der Waals surface area contributed by atoms with Gasteiger partial charge in [0, 0.05) is 6.54 Å². The Bertz CT molecular complexity index is 348. The highest BCUT2D eigenvalue weighted by atomic mass is 16.2. The first kappa shape index (κ1) is 13.4. The van der Waals surface area contributed by atoms with Gasteiger partial charge in [0.15, 0.2) is 0 Å². The van der Waals surface area contributed by atoms with E-state index in [9.17, 15) is 9.59 Å². The van der Waals surface area contributed by atoms with Gasteiger partial charge in [0.05, 0.1) is 0 Å². The first-order chi connectivity index (χ1) is 8.55. The van der Waals surface area contributed by atoms with Crippen LogP contribution in [-0.2, 0) is 9.59 Å². The van der Waals surface area contributed by atoms with E-state index in [1.165, 1.54) is 0 Å². The molecule has 0 aromatic carbocycles.